The number of benzene rings is 1. The van der Waals surface area contributed by atoms with Gasteiger partial charge in [-0.15, -0.1) is 11.3 Å². The minimum atomic E-state index is -1.08. The monoisotopic (exact) mass is 402 g/mol. The zero-order valence-electron chi connectivity index (χ0n) is 15.4. The average Bonchev–Trinajstić information content (AvgIpc) is 3.15. The van der Waals surface area contributed by atoms with Gasteiger partial charge in [0.05, 0.1) is 6.04 Å². The first-order valence-electron chi connectivity index (χ1n) is 9.00. The molecule has 1 aromatic carbocycles. The predicted molar refractivity (Wildman–Crippen MR) is 104 cm³/mol. The second-order valence-corrected chi connectivity index (χ2v) is 7.79. The number of amides is 1. The summed E-state index contributed by atoms with van der Waals surface area (Å²) in [7, 11) is 0. The molecule has 7 nitrogen and oxygen atoms in total. The van der Waals surface area contributed by atoms with Crippen LogP contribution in [0.5, 0.6) is 0 Å². The van der Waals surface area contributed by atoms with Gasteiger partial charge in [-0.2, -0.15) is 0 Å². The van der Waals surface area contributed by atoms with Gasteiger partial charge >= 0.3 is 11.9 Å². The first-order valence-corrected chi connectivity index (χ1v) is 9.88. The van der Waals surface area contributed by atoms with Crippen molar-refractivity contribution in [3.05, 3.63) is 57.8 Å². The summed E-state index contributed by atoms with van der Waals surface area (Å²) >= 11 is 1.49. The SMILES string of the molecule is C[C@H](NC(Cc1ccccc1)C(=O)O)C(=O)N1CCc2sccc2C1C(=O)O. The predicted octanol–water partition coefficient (Wildman–Crippen LogP) is 1.93. The number of carbonyl (C=O) groups is 3. The number of thiophene rings is 1. The molecule has 0 fully saturated rings. The number of carboxylic acids is 2. The minimum absolute atomic E-state index is 0.227. The minimum Gasteiger partial charge on any atom is -0.480 e. The first-order chi connectivity index (χ1) is 13.4. The van der Waals surface area contributed by atoms with Gasteiger partial charge in [0.2, 0.25) is 5.91 Å². The lowest BCUT2D eigenvalue weighted by molar-refractivity contribution is -0.152. The number of nitrogens with zero attached hydrogens (tertiary/aromatic N) is 1. The summed E-state index contributed by atoms with van der Waals surface area (Å²) in [4.78, 5) is 38.8. The molecule has 3 rings (SSSR count). The molecule has 3 N–H and O–H groups in total. The lowest BCUT2D eigenvalue weighted by atomic mass is 9.98. The highest BCUT2D eigenvalue weighted by molar-refractivity contribution is 7.10. The summed E-state index contributed by atoms with van der Waals surface area (Å²) in [6.45, 7) is 1.87. The number of aliphatic carboxylic acids is 2. The Labute approximate surface area is 166 Å². The molecule has 0 saturated heterocycles. The van der Waals surface area contributed by atoms with Gasteiger partial charge in [-0.05, 0) is 42.3 Å². The highest BCUT2D eigenvalue weighted by Crippen LogP contribution is 2.33. The Bertz CT molecular complexity index is 866. The molecule has 0 saturated carbocycles. The molecule has 1 aromatic heterocycles. The van der Waals surface area contributed by atoms with Gasteiger partial charge in [0.15, 0.2) is 6.04 Å². The van der Waals surface area contributed by atoms with Gasteiger partial charge in [0.25, 0.3) is 0 Å². The smallest absolute Gasteiger partial charge is 0.331 e. The highest BCUT2D eigenvalue weighted by Gasteiger charge is 2.38. The quantitative estimate of drug-likeness (QED) is 0.653. The van der Waals surface area contributed by atoms with Crippen LogP contribution in [-0.2, 0) is 27.2 Å². The molecule has 0 aliphatic carbocycles. The normalized spacial score (nSPS) is 18.2. The van der Waals surface area contributed by atoms with Gasteiger partial charge in [0.1, 0.15) is 6.04 Å². The third-order valence-electron chi connectivity index (χ3n) is 4.89. The van der Waals surface area contributed by atoms with E-state index in [9.17, 15) is 24.6 Å². The Balaban J connectivity index is 1.74. The van der Waals surface area contributed by atoms with Crippen molar-refractivity contribution >= 4 is 29.2 Å². The first kappa shape index (κ1) is 20.0. The standard InChI is InChI=1S/C20H22N2O5S/c1-12(21-15(19(24)25)11-13-5-3-2-4-6-13)18(23)22-9-7-16-14(8-10-28-16)17(22)20(26)27/h2-6,8,10,12,15,17,21H,7,9,11H2,1H3,(H,24,25)(H,26,27)/t12-,15?,17?/m0/s1. The number of fused-ring (bicyclic) bond motifs is 1. The summed E-state index contributed by atoms with van der Waals surface area (Å²) in [5, 5.41) is 23.9. The summed E-state index contributed by atoms with van der Waals surface area (Å²) in [5.74, 6) is -2.56. The molecule has 0 spiro atoms. The maximum absolute atomic E-state index is 13.0. The van der Waals surface area contributed by atoms with Gasteiger partial charge in [-0.1, -0.05) is 30.3 Å². The van der Waals surface area contributed by atoms with Crippen molar-refractivity contribution in [3.8, 4) is 0 Å². The molecule has 148 valence electrons. The Morgan fingerprint density at radius 2 is 1.93 bits per heavy atom. The molecule has 1 aliphatic heterocycles. The molecule has 2 aromatic rings. The molecule has 2 heterocycles. The van der Waals surface area contributed by atoms with Crippen LogP contribution in [0.4, 0.5) is 0 Å². The van der Waals surface area contributed by atoms with Crippen LogP contribution in [0.25, 0.3) is 0 Å². The van der Waals surface area contributed by atoms with E-state index in [1.54, 1.807) is 13.0 Å². The van der Waals surface area contributed by atoms with Crippen LogP contribution < -0.4 is 5.32 Å². The second kappa shape index (κ2) is 8.53. The number of carboxylic acid groups (broad SMARTS) is 2. The summed E-state index contributed by atoms with van der Waals surface area (Å²) in [5.41, 5.74) is 1.48. The van der Waals surface area contributed by atoms with E-state index in [1.807, 2.05) is 35.7 Å². The Kier molecular flexibility index (Phi) is 6.11. The van der Waals surface area contributed by atoms with Crippen LogP contribution >= 0.6 is 11.3 Å². The van der Waals surface area contributed by atoms with Crippen molar-refractivity contribution in [1.82, 2.24) is 10.2 Å². The van der Waals surface area contributed by atoms with Crippen LogP contribution in [0.3, 0.4) is 0 Å². The van der Waals surface area contributed by atoms with Crippen molar-refractivity contribution in [3.63, 3.8) is 0 Å². The molecule has 3 atom stereocenters. The number of hydrogen-bond donors (Lipinski definition) is 3. The Hall–Kier alpha value is -2.71. The third kappa shape index (κ3) is 4.23. The average molecular weight is 402 g/mol. The van der Waals surface area contributed by atoms with E-state index in [4.69, 9.17) is 0 Å². The van der Waals surface area contributed by atoms with E-state index in [0.29, 0.717) is 18.5 Å². The van der Waals surface area contributed by atoms with E-state index < -0.39 is 36.0 Å². The van der Waals surface area contributed by atoms with Crippen LogP contribution in [0, 0.1) is 0 Å². The van der Waals surface area contributed by atoms with Crippen molar-refractivity contribution in [2.45, 2.75) is 37.9 Å². The van der Waals surface area contributed by atoms with Crippen LogP contribution in [0.2, 0.25) is 0 Å². The summed E-state index contributed by atoms with van der Waals surface area (Å²) in [6, 6.07) is 8.08. The lowest BCUT2D eigenvalue weighted by Gasteiger charge is -2.35. The number of nitrogens with one attached hydrogen (secondary N) is 1. The molecular formula is C20H22N2O5S. The molecule has 0 radical (unpaired) electrons. The number of hydrogen-bond acceptors (Lipinski definition) is 5. The van der Waals surface area contributed by atoms with E-state index >= 15 is 0 Å². The maximum atomic E-state index is 13.0. The summed E-state index contributed by atoms with van der Waals surface area (Å²) in [6.07, 6.45) is 0.826. The van der Waals surface area contributed by atoms with E-state index in [1.165, 1.54) is 16.2 Å². The van der Waals surface area contributed by atoms with Gasteiger partial charge in [-0.3, -0.25) is 14.9 Å². The van der Waals surface area contributed by atoms with Crippen molar-refractivity contribution in [2.75, 3.05) is 6.54 Å². The van der Waals surface area contributed by atoms with Gasteiger partial charge in [-0.25, -0.2) is 4.79 Å². The second-order valence-electron chi connectivity index (χ2n) is 6.79. The fourth-order valence-electron chi connectivity index (χ4n) is 3.51. The van der Waals surface area contributed by atoms with E-state index in [2.05, 4.69) is 5.32 Å². The molecule has 0 bridgehead atoms. The van der Waals surface area contributed by atoms with Crippen molar-refractivity contribution in [1.29, 1.82) is 0 Å². The summed E-state index contributed by atoms with van der Waals surface area (Å²) < 4.78 is 0. The number of rotatable bonds is 7. The van der Waals surface area contributed by atoms with Gasteiger partial charge in [0, 0.05) is 11.4 Å². The fourth-order valence-corrected chi connectivity index (χ4v) is 4.41. The lowest BCUT2D eigenvalue weighted by Crippen LogP contribution is -2.54. The molecule has 1 amide bonds. The van der Waals surface area contributed by atoms with Crippen LogP contribution in [-0.4, -0.2) is 51.6 Å². The van der Waals surface area contributed by atoms with E-state index in [0.717, 1.165) is 10.4 Å². The molecule has 8 heteroatoms. The molecule has 1 aliphatic rings. The Morgan fingerprint density at radius 3 is 2.57 bits per heavy atom. The largest absolute Gasteiger partial charge is 0.480 e. The van der Waals surface area contributed by atoms with Gasteiger partial charge < -0.3 is 15.1 Å². The number of carbonyl (C=O) groups excluding carboxylic acids is 1. The topological polar surface area (TPSA) is 107 Å². The zero-order valence-corrected chi connectivity index (χ0v) is 16.2. The van der Waals surface area contributed by atoms with E-state index in [-0.39, 0.29) is 6.42 Å². The molecular weight excluding hydrogens is 380 g/mol. The third-order valence-corrected chi connectivity index (χ3v) is 5.88. The Morgan fingerprint density at radius 1 is 1.21 bits per heavy atom. The van der Waals surface area contributed by atoms with Crippen molar-refractivity contribution < 1.29 is 24.6 Å². The zero-order chi connectivity index (χ0) is 20.3. The highest BCUT2D eigenvalue weighted by atomic mass is 32.1. The van der Waals surface area contributed by atoms with Crippen LogP contribution in [0.1, 0.15) is 29.0 Å². The van der Waals surface area contributed by atoms with Crippen LogP contribution in [0.15, 0.2) is 41.8 Å². The fraction of sp³-hybridized carbons (Fsp3) is 0.350. The molecule has 28 heavy (non-hydrogen) atoms. The van der Waals surface area contributed by atoms with Crippen molar-refractivity contribution in [2.24, 2.45) is 0 Å². The maximum Gasteiger partial charge on any atom is 0.331 e. The molecule has 2 unspecified atom stereocenters.